The number of unbranched alkanes of at least 4 members (excludes halogenated alkanes) is 3. The van der Waals surface area contributed by atoms with E-state index in [4.69, 9.17) is 9.73 Å². The van der Waals surface area contributed by atoms with E-state index in [1.807, 2.05) is 0 Å². The third kappa shape index (κ3) is 6.18. The lowest BCUT2D eigenvalue weighted by Crippen LogP contribution is -2.72. The minimum absolute atomic E-state index is 0.0434. The lowest BCUT2D eigenvalue weighted by molar-refractivity contribution is -0.245. The van der Waals surface area contributed by atoms with E-state index >= 15 is 0 Å². The molecule has 0 aromatic heterocycles. The Labute approximate surface area is 300 Å². The fraction of sp³-hybridized carbons (Fsp3) is 0.951. The predicted molar refractivity (Wildman–Crippen MR) is 193 cm³/mol. The first-order valence-corrected chi connectivity index (χ1v) is 20.5. The number of fused-ring (bicyclic) bond motifs is 5. The number of ketones is 1. The molecule has 9 nitrogen and oxygen atoms in total. The molecule has 15 atom stereocenters. The summed E-state index contributed by atoms with van der Waals surface area (Å²) in [7, 11) is 0. The highest BCUT2D eigenvalue weighted by atomic mass is 16.5. The number of aliphatic imine (C=N–C) groups is 1. The molecule has 0 radical (unpaired) electrons. The maximum absolute atomic E-state index is 14.6. The van der Waals surface area contributed by atoms with Crippen LogP contribution >= 0.6 is 0 Å². The molecule has 6 fully saturated rings. The van der Waals surface area contributed by atoms with E-state index in [-0.39, 0.29) is 42.9 Å². The van der Waals surface area contributed by atoms with Crippen LogP contribution in [0.5, 0.6) is 0 Å². The summed E-state index contributed by atoms with van der Waals surface area (Å²) < 4.78 is 6.34. The first-order chi connectivity index (χ1) is 23.6. The topological polar surface area (TPSA) is 160 Å². The van der Waals surface area contributed by atoms with Crippen LogP contribution in [0, 0.1) is 52.3 Å². The van der Waals surface area contributed by atoms with Gasteiger partial charge < -0.3 is 35.4 Å². The van der Waals surface area contributed by atoms with E-state index < -0.39 is 70.3 Å². The molecular weight excluding hydrogens is 634 g/mol. The molecule has 0 spiro atoms. The van der Waals surface area contributed by atoms with Crippen molar-refractivity contribution >= 4 is 11.5 Å². The van der Waals surface area contributed by atoms with Crippen molar-refractivity contribution in [2.24, 2.45) is 57.2 Å². The number of rotatable bonds is 11. The fourth-order valence-electron chi connectivity index (χ4n) is 13.1. The van der Waals surface area contributed by atoms with Gasteiger partial charge >= 0.3 is 0 Å². The molecule has 286 valence electrons. The lowest BCUT2D eigenvalue weighted by Gasteiger charge is -2.66. The monoisotopic (exact) mass is 704 g/mol. The highest BCUT2D eigenvalue weighted by molar-refractivity contribution is 6.42. The molecule has 1 saturated heterocycles. The SMILES string of the molecule is CCCCCC[C@@H]1CO[C@@H]([C@@H](O)[C@](C)(O)[C@H]2CC[C@@]3(O)[C@@H]4C(=NC[C@H](C)O)C(=O)[C@@H]5C[C@@H](O)[C@@H](O)C[C@]5(C)[C@H]4CC[C@]23C2CCCCC2)[C@H]1C. The van der Waals surface area contributed by atoms with Crippen molar-refractivity contribution in [1.29, 1.82) is 0 Å². The minimum atomic E-state index is -1.54. The van der Waals surface area contributed by atoms with E-state index in [9.17, 15) is 35.4 Å². The fourth-order valence-corrected chi connectivity index (χ4v) is 13.1. The zero-order valence-corrected chi connectivity index (χ0v) is 31.6. The average Bonchev–Trinajstić information content (AvgIpc) is 3.61. The zero-order chi connectivity index (χ0) is 36.2. The van der Waals surface area contributed by atoms with Crippen LogP contribution in [0.4, 0.5) is 0 Å². The maximum atomic E-state index is 14.6. The highest BCUT2D eigenvalue weighted by Crippen LogP contribution is 2.73. The average molecular weight is 704 g/mol. The molecule has 0 aromatic rings. The van der Waals surface area contributed by atoms with Gasteiger partial charge in [-0.25, -0.2) is 0 Å². The van der Waals surface area contributed by atoms with E-state index in [1.165, 1.54) is 19.3 Å². The van der Waals surface area contributed by atoms with Crippen LogP contribution in [0.3, 0.4) is 0 Å². The Balaban J connectivity index is 1.39. The number of hydrogen-bond donors (Lipinski definition) is 6. The number of hydrogen-bond acceptors (Lipinski definition) is 9. The number of ether oxygens (including phenoxy) is 1. The van der Waals surface area contributed by atoms with Gasteiger partial charge in [-0.3, -0.25) is 9.79 Å². The van der Waals surface area contributed by atoms with Crippen LogP contribution in [-0.4, -0.2) is 97.0 Å². The summed E-state index contributed by atoms with van der Waals surface area (Å²) in [5, 5.41) is 70.7. The Kier molecular flexibility index (Phi) is 11.4. The van der Waals surface area contributed by atoms with Gasteiger partial charge in [-0.1, -0.05) is 65.7 Å². The van der Waals surface area contributed by atoms with Gasteiger partial charge in [0.1, 0.15) is 6.10 Å². The maximum Gasteiger partial charge on any atom is 0.180 e. The van der Waals surface area contributed by atoms with Gasteiger partial charge in [-0.15, -0.1) is 0 Å². The first-order valence-electron chi connectivity index (χ1n) is 20.5. The summed E-state index contributed by atoms with van der Waals surface area (Å²) >= 11 is 0. The second-order valence-corrected chi connectivity index (χ2v) is 18.5. The Morgan fingerprint density at radius 1 is 1.02 bits per heavy atom. The van der Waals surface area contributed by atoms with Gasteiger partial charge in [0.05, 0.1) is 54.5 Å². The quantitative estimate of drug-likeness (QED) is 0.164. The number of aliphatic hydroxyl groups is 6. The van der Waals surface area contributed by atoms with Crippen LogP contribution in [0.25, 0.3) is 0 Å². The van der Waals surface area contributed by atoms with Gasteiger partial charge in [0, 0.05) is 17.3 Å². The van der Waals surface area contributed by atoms with Gasteiger partial charge in [0.15, 0.2) is 5.78 Å². The molecule has 5 saturated carbocycles. The molecule has 6 rings (SSSR count). The molecule has 1 heterocycles. The molecule has 50 heavy (non-hydrogen) atoms. The third-order valence-electron chi connectivity index (χ3n) is 15.8. The van der Waals surface area contributed by atoms with Crippen molar-refractivity contribution in [2.45, 2.75) is 179 Å². The molecular formula is C41H69NO8. The summed E-state index contributed by atoms with van der Waals surface area (Å²) in [6, 6.07) is 0. The molecule has 1 aliphatic heterocycles. The predicted octanol–water partition coefficient (Wildman–Crippen LogP) is 5.00. The molecule has 0 amide bonds. The van der Waals surface area contributed by atoms with E-state index in [1.54, 1.807) is 13.8 Å². The standard InChI is InChI=1S/C41H69NO8/c1-6-7-8-10-13-26-23-50-36(25(26)3)37(47)39(5,48)32-17-19-41(49)33-28(16-18-40(32,41)27-14-11-9-12-15-27)38(4)21-31(45)30(44)20-29(38)35(46)34(33)42-22-24(2)43/h24-33,36-37,43-45,47-49H,6-23H2,1-5H3/t24-,25-,26+,28-,29-,30+,31-,32+,33-,36+,37+,38+,39+,40-,41+/m0/s1. The van der Waals surface area contributed by atoms with Crippen LogP contribution in [0.15, 0.2) is 4.99 Å². The van der Waals surface area contributed by atoms with Crippen LogP contribution in [0.2, 0.25) is 0 Å². The molecule has 6 aliphatic rings. The number of carbonyl (C=O) groups excluding carboxylic acids is 1. The Bertz CT molecular complexity index is 1230. The zero-order valence-electron chi connectivity index (χ0n) is 31.6. The second-order valence-electron chi connectivity index (χ2n) is 18.5. The van der Waals surface area contributed by atoms with Gasteiger partial charge in [0.25, 0.3) is 0 Å². The van der Waals surface area contributed by atoms with E-state index in [2.05, 4.69) is 20.8 Å². The molecule has 9 heteroatoms. The number of carbonyl (C=O) groups is 1. The van der Waals surface area contributed by atoms with Crippen molar-refractivity contribution in [3.63, 3.8) is 0 Å². The van der Waals surface area contributed by atoms with Crippen molar-refractivity contribution in [3.05, 3.63) is 0 Å². The van der Waals surface area contributed by atoms with Crippen LogP contribution in [-0.2, 0) is 9.53 Å². The Hall–Kier alpha value is -0.940. The molecule has 5 aliphatic carbocycles. The highest BCUT2D eigenvalue weighted by Gasteiger charge is 2.76. The third-order valence-corrected chi connectivity index (χ3v) is 15.8. The van der Waals surface area contributed by atoms with Crippen LogP contribution < -0.4 is 0 Å². The Morgan fingerprint density at radius 2 is 1.74 bits per heavy atom. The molecule has 0 aromatic carbocycles. The van der Waals surface area contributed by atoms with Gasteiger partial charge in [0.2, 0.25) is 0 Å². The summed E-state index contributed by atoms with van der Waals surface area (Å²) in [6.45, 7) is 10.5. The number of Topliss-reactive ketones (excluding diaryl/α,β-unsaturated/α-hetero) is 1. The van der Waals surface area contributed by atoms with E-state index in [0.717, 1.165) is 44.9 Å². The smallest absolute Gasteiger partial charge is 0.180 e. The molecule has 0 unspecified atom stereocenters. The second kappa shape index (κ2) is 14.7. The van der Waals surface area contributed by atoms with Crippen molar-refractivity contribution in [2.75, 3.05) is 13.2 Å². The summed E-state index contributed by atoms with van der Waals surface area (Å²) in [6.07, 6.45) is 9.22. The summed E-state index contributed by atoms with van der Waals surface area (Å²) in [5.74, 6) is -1.37. The summed E-state index contributed by atoms with van der Waals surface area (Å²) in [4.78, 5) is 19.4. The van der Waals surface area contributed by atoms with Gasteiger partial charge in [-0.2, -0.15) is 0 Å². The number of aliphatic hydroxyl groups excluding tert-OH is 4. The minimum Gasteiger partial charge on any atom is -0.391 e. The lowest BCUT2D eigenvalue weighted by atomic mass is 9.39. The molecule has 0 bridgehead atoms. The van der Waals surface area contributed by atoms with Gasteiger partial charge in [-0.05, 0) is 107 Å². The molecule has 6 N–H and O–H groups in total. The van der Waals surface area contributed by atoms with Crippen molar-refractivity contribution in [1.82, 2.24) is 0 Å². The van der Waals surface area contributed by atoms with Crippen molar-refractivity contribution in [3.8, 4) is 0 Å². The number of nitrogens with zero attached hydrogens (tertiary/aromatic N) is 1. The van der Waals surface area contributed by atoms with Crippen molar-refractivity contribution < 1.29 is 40.2 Å². The van der Waals surface area contributed by atoms with Crippen LogP contribution in [0.1, 0.15) is 137 Å². The largest absolute Gasteiger partial charge is 0.391 e. The van der Waals surface area contributed by atoms with E-state index in [0.29, 0.717) is 43.9 Å². The normalized spacial score (nSPS) is 47.0. The Morgan fingerprint density at radius 3 is 2.42 bits per heavy atom. The first kappa shape index (κ1) is 38.8. The summed E-state index contributed by atoms with van der Waals surface area (Å²) in [5.41, 5.74) is -4.00.